The summed E-state index contributed by atoms with van der Waals surface area (Å²) in [5.74, 6) is 0.329. The summed E-state index contributed by atoms with van der Waals surface area (Å²) < 4.78 is 0. The van der Waals surface area contributed by atoms with Crippen LogP contribution in [-0.2, 0) is 4.79 Å². The molecule has 13 heavy (non-hydrogen) atoms. The van der Waals surface area contributed by atoms with Crippen LogP contribution in [0.5, 0.6) is 0 Å². The van der Waals surface area contributed by atoms with Crippen LogP contribution in [0.3, 0.4) is 0 Å². The molecule has 0 bridgehead atoms. The third-order valence-electron chi connectivity index (χ3n) is 1.32. The van der Waals surface area contributed by atoms with E-state index in [4.69, 9.17) is 16.6 Å². The number of nitrogens with two attached hydrogens (primary N) is 2. The average Bonchev–Trinajstić information content (AvgIpc) is 2.02. The van der Waals surface area contributed by atoms with E-state index in [0.717, 1.165) is 5.75 Å². The third kappa shape index (κ3) is 7.45. The van der Waals surface area contributed by atoms with Gasteiger partial charge < -0.3 is 16.6 Å². The number of guanidine groups is 1. The Morgan fingerprint density at radius 3 is 2.69 bits per heavy atom. The van der Waals surface area contributed by atoms with Crippen LogP contribution in [-0.4, -0.2) is 35.1 Å². The van der Waals surface area contributed by atoms with Crippen LogP contribution < -0.4 is 11.5 Å². The normalized spacial score (nSPS) is 12.1. The predicted octanol–water partition coefficient (Wildman–Crippen LogP) is -0.286. The number of hydrogen-bond donors (Lipinski definition) is 3. The number of carboxylic acids is 1. The zero-order valence-corrected chi connectivity index (χ0v) is 8.38. The molecule has 1 unspecified atom stereocenters. The molecular weight excluding hydrogens is 190 g/mol. The lowest BCUT2D eigenvalue weighted by Gasteiger charge is -2.03. The molecule has 0 radical (unpaired) electrons. The predicted molar refractivity (Wildman–Crippen MR) is 54.8 cm³/mol. The summed E-state index contributed by atoms with van der Waals surface area (Å²) in [5.41, 5.74) is 10.2. The largest absolute Gasteiger partial charge is 0.481 e. The van der Waals surface area contributed by atoms with Gasteiger partial charge in [0, 0.05) is 11.5 Å². The third-order valence-corrected chi connectivity index (χ3v) is 2.53. The second-order valence-electron chi connectivity index (χ2n) is 2.62. The van der Waals surface area contributed by atoms with Crippen molar-refractivity contribution in [1.29, 1.82) is 0 Å². The van der Waals surface area contributed by atoms with E-state index in [1.54, 1.807) is 6.92 Å². The number of hydrogen-bond acceptors (Lipinski definition) is 3. The van der Waals surface area contributed by atoms with Gasteiger partial charge in [0.1, 0.15) is 0 Å². The number of carboxylic acid groups (broad SMARTS) is 1. The van der Waals surface area contributed by atoms with Crippen molar-refractivity contribution in [2.45, 2.75) is 6.92 Å². The van der Waals surface area contributed by atoms with Crippen molar-refractivity contribution in [2.75, 3.05) is 18.1 Å². The van der Waals surface area contributed by atoms with Crippen molar-refractivity contribution in [3.63, 3.8) is 0 Å². The molecule has 0 aromatic rings. The highest BCUT2D eigenvalue weighted by Crippen LogP contribution is 2.07. The lowest BCUT2D eigenvalue weighted by atomic mass is 10.2. The first-order valence-corrected chi connectivity index (χ1v) is 5.05. The summed E-state index contributed by atoms with van der Waals surface area (Å²) in [6.45, 7) is 2.22. The summed E-state index contributed by atoms with van der Waals surface area (Å²) in [5, 5.41) is 8.55. The average molecular weight is 205 g/mol. The zero-order chi connectivity index (χ0) is 10.3. The Hall–Kier alpha value is -0.910. The molecule has 0 saturated heterocycles. The molecule has 1 atom stereocenters. The van der Waals surface area contributed by atoms with Gasteiger partial charge >= 0.3 is 5.97 Å². The lowest BCUT2D eigenvalue weighted by molar-refractivity contribution is -0.140. The van der Waals surface area contributed by atoms with E-state index in [2.05, 4.69) is 4.99 Å². The second-order valence-corrected chi connectivity index (χ2v) is 3.77. The van der Waals surface area contributed by atoms with E-state index < -0.39 is 5.97 Å². The van der Waals surface area contributed by atoms with Crippen LogP contribution in [0.4, 0.5) is 0 Å². The van der Waals surface area contributed by atoms with Crippen LogP contribution in [0.1, 0.15) is 6.92 Å². The van der Waals surface area contributed by atoms with Crippen molar-refractivity contribution in [3.05, 3.63) is 0 Å². The highest BCUT2D eigenvalue weighted by Gasteiger charge is 2.09. The highest BCUT2D eigenvalue weighted by molar-refractivity contribution is 7.99. The second kappa shape index (κ2) is 6.59. The fourth-order valence-electron chi connectivity index (χ4n) is 0.571. The van der Waals surface area contributed by atoms with Crippen LogP contribution in [0, 0.1) is 5.92 Å². The van der Waals surface area contributed by atoms with Crippen LogP contribution in [0.2, 0.25) is 0 Å². The summed E-state index contributed by atoms with van der Waals surface area (Å²) in [7, 11) is 0. The first-order chi connectivity index (χ1) is 6.04. The minimum atomic E-state index is -0.769. The van der Waals surface area contributed by atoms with Gasteiger partial charge in [0.25, 0.3) is 0 Å². The van der Waals surface area contributed by atoms with E-state index >= 15 is 0 Å². The number of carbonyl (C=O) groups is 1. The van der Waals surface area contributed by atoms with Gasteiger partial charge in [-0.15, -0.1) is 0 Å². The zero-order valence-electron chi connectivity index (χ0n) is 7.56. The van der Waals surface area contributed by atoms with Gasteiger partial charge in [-0.1, -0.05) is 6.92 Å². The molecule has 0 fully saturated rings. The van der Waals surface area contributed by atoms with Gasteiger partial charge in [-0.3, -0.25) is 9.79 Å². The van der Waals surface area contributed by atoms with Crippen LogP contribution in [0.25, 0.3) is 0 Å². The van der Waals surface area contributed by atoms with Gasteiger partial charge in [0.05, 0.1) is 12.5 Å². The monoisotopic (exact) mass is 205 g/mol. The van der Waals surface area contributed by atoms with Gasteiger partial charge in [0.2, 0.25) is 0 Å². The Balaban J connectivity index is 3.36. The summed E-state index contributed by atoms with van der Waals surface area (Å²) in [6.07, 6.45) is 0. The molecule has 0 aliphatic rings. The minimum absolute atomic E-state index is 0.0758. The molecule has 0 aliphatic carbocycles. The summed E-state index contributed by atoms with van der Waals surface area (Å²) in [4.78, 5) is 14.2. The van der Waals surface area contributed by atoms with E-state index in [9.17, 15) is 4.79 Å². The maximum Gasteiger partial charge on any atom is 0.307 e. The molecule has 0 rings (SSSR count). The Morgan fingerprint density at radius 1 is 1.62 bits per heavy atom. The van der Waals surface area contributed by atoms with E-state index in [1.165, 1.54) is 11.8 Å². The molecule has 0 saturated carbocycles. The Kier molecular flexibility index (Phi) is 6.13. The lowest BCUT2D eigenvalue weighted by Crippen LogP contribution is -2.23. The smallest absolute Gasteiger partial charge is 0.307 e. The van der Waals surface area contributed by atoms with Crippen molar-refractivity contribution in [2.24, 2.45) is 22.4 Å². The fraction of sp³-hybridized carbons (Fsp3) is 0.714. The number of aliphatic carboxylic acids is 1. The standard InChI is InChI=1S/C7H15N3O2S/c1-5(6(11)12)4-13-3-2-10-7(8)9/h5H,2-4H2,1H3,(H,11,12)(H4,8,9,10). The van der Waals surface area contributed by atoms with Gasteiger partial charge in [-0.05, 0) is 0 Å². The molecular formula is C7H15N3O2S. The molecule has 5 N–H and O–H groups in total. The number of rotatable bonds is 6. The van der Waals surface area contributed by atoms with Gasteiger partial charge in [-0.2, -0.15) is 11.8 Å². The van der Waals surface area contributed by atoms with Crippen molar-refractivity contribution >= 4 is 23.7 Å². The Bertz CT molecular complexity index is 192. The van der Waals surface area contributed by atoms with Gasteiger partial charge in [0.15, 0.2) is 5.96 Å². The Labute approximate surface area is 81.6 Å². The first-order valence-electron chi connectivity index (χ1n) is 3.90. The fourth-order valence-corrected chi connectivity index (χ4v) is 1.45. The van der Waals surface area contributed by atoms with Crippen molar-refractivity contribution < 1.29 is 9.90 Å². The Morgan fingerprint density at radius 2 is 2.23 bits per heavy atom. The molecule has 5 nitrogen and oxygen atoms in total. The molecule has 0 aliphatic heterocycles. The number of nitrogens with zero attached hydrogens (tertiary/aromatic N) is 1. The molecule has 0 amide bonds. The van der Waals surface area contributed by atoms with E-state index in [1.807, 2.05) is 0 Å². The van der Waals surface area contributed by atoms with Gasteiger partial charge in [-0.25, -0.2) is 0 Å². The molecule has 0 spiro atoms. The number of thioether (sulfide) groups is 1. The molecule has 0 aromatic carbocycles. The topological polar surface area (TPSA) is 102 Å². The van der Waals surface area contributed by atoms with Crippen LogP contribution in [0.15, 0.2) is 4.99 Å². The highest BCUT2D eigenvalue weighted by atomic mass is 32.2. The maximum absolute atomic E-state index is 10.4. The quantitative estimate of drug-likeness (QED) is 0.314. The summed E-state index contributed by atoms with van der Waals surface area (Å²) >= 11 is 1.53. The number of aliphatic imine (C=N–C) groups is 1. The SMILES string of the molecule is CC(CSCCN=C(N)N)C(=O)O. The summed E-state index contributed by atoms with van der Waals surface area (Å²) in [6, 6.07) is 0. The molecule has 76 valence electrons. The van der Waals surface area contributed by atoms with Crippen LogP contribution >= 0.6 is 11.8 Å². The first kappa shape index (κ1) is 12.1. The van der Waals surface area contributed by atoms with Crippen molar-refractivity contribution in [3.8, 4) is 0 Å². The molecule has 6 heteroatoms. The van der Waals surface area contributed by atoms with E-state index in [-0.39, 0.29) is 11.9 Å². The molecule has 0 aromatic heterocycles. The van der Waals surface area contributed by atoms with E-state index in [0.29, 0.717) is 12.3 Å². The maximum atomic E-state index is 10.4. The molecule has 0 heterocycles. The van der Waals surface area contributed by atoms with Crippen molar-refractivity contribution in [1.82, 2.24) is 0 Å². The minimum Gasteiger partial charge on any atom is -0.481 e.